The van der Waals surface area contributed by atoms with Gasteiger partial charge in [0.25, 0.3) is 0 Å². The summed E-state index contributed by atoms with van der Waals surface area (Å²) in [6, 6.07) is 3.26. The summed E-state index contributed by atoms with van der Waals surface area (Å²) in [5, 5.41) is 23.4. The Bertz CT molecular complexity index is 1250. The van der Waals surface area contributed by atoms with E-state index < -0.39 is 58.4 Å². The van der Waals surface area contributed by atoms with Gasteiger partial charge < -0.3 is 38.9 Å². The van der Waals surface area contributed by atoms with E-state index in [9.17, 15) is 24.6 Å². The summed E-state index contributed by atoms with van der Waals surface area (Å²) in [6.07, 6.45) is 7.52. The minimum absolute atomic E-state index is 0. The van der Waals surface area contributed by atoms with Crippen LogP contribution in [-0.4, -0.2) is 51.7 Å². The predicted octanol–water partition coefficient (Wildman–Crippen LogP) is -0.411. The van der Waals surface area contributed by atoms with Crippen molar-refractivity contribution in [2.75, 3.05) is 6.61 Å². The molecule has 5 rings (SSSR count). The molecule has 0 spiro atoms. The number of pyridine rings is 1. The van der Waals surface area contributed by atoms with Crippen molar-refractivity contribution in [1.29, 1.82) is 0 Å². The molecule has 2 N–H and O–H groups in total. The van der Waals surface area contributed by atoms with Crippen molar-refractivity contribution in [2.24, 2.45) is 35.6 Å². The fraction of sp³-hybridized carbons (Fsp3) is 0.586. The number of Topliss-reactive ketones (excluding diaryl/α,β-unsaturated/α-hetero) is 1. The molecule has 0 saturated heterocycles. The molecular weight excluding hydrogens is 604 g/mol. The molecule has 38 heavy (non-hydrogen) atoms. The van der Waals surface area contributed by atoms with Crippen molar-refractivity contribution in [2.45, 2.75) is 63.8 Å². The number of nitrogens with zero attached hydrogens (tertiary/aromatic N) is 1. The summed E-state index contributed by atoms with van der Waals surface area (Å²) in [5.74, 6) is -3.01. The third kappa shape index (κ3) is 3.78. The molecule has 0 amide bonds. The number of hydrogen-bond acceptors (Lipinski definition) is 6. The lowest BCUT2D eigenvalue weighted by Crippen LogP contribution is -3.00. The number of rotatable bonds is 4. The normalized spacial score (nSPS) is 41.2. The summed E-state index contributed by atoms with van der Waals surface area (Å²) in [4.78, 5) is 38.1. The van der Waals surface area contributed by atoms with Gasteiger partial charge in [0.05, 0.1) is 6.10 Å². The minimum atomic E-state index is -2.04. The quantitative estimate of drug-likeness (QED) is 0.264. The second-order valence-electron chi connectivity index (χ2n) is 11.9. The number of aliphatic hydroxyl groups is 2. The molecule has 8 atom stereocenters. The number of aliphatic hydroxyl groups excluding tert-OH is 1. The maximum Gasteiger partial charge on any atom is 0.344 e. The van der Waals surface area contributed by atoms with Gasteiger partial charge >= 0.3 is 5.97 Å². The molecule has 0 radical (unpaired) electrons. The number of hydrogen-bond donors (Lipinski definition) is 2. The van der Waals surface area contributed by atoms with E-state index in [2.05, 4.69) is 0 Å². The number of aromatic nitrogens is 1. The number of carbonyl (C=O) groups excluding carboxylic acids is 3. The van der Waals surface area contributed by atoms with E-state index in [4.69, 9.17) is 4.74 Å². The number of ketones is 2. The molecule has 1 aromatic rings. The zero-order chi connectivity index (χ0) is 27.0. The molecule has 0 aliphatic heterocycles. The van der Waals surface area contributed by atoms with Gasteiger partial charge in [-0.3, -0.25) is 9.59 Å². The van der Waals surface area contributed by atoms with Crippen LogP contribution < -0.4 is 28.5 Å². The summed E-state index contributed by atoms with van der Waals surface area (Å²) in [5.41, 5.74) is -5.22. The lowest BCUT2D eigenvalue weighted by Gasteiger charge is -2.62. The number of carbonyl (C=O) groups is 3. The molecule has 1 aromatic heterocycles. The fourth-order valence-corrected chi connectivity index (χ4v) is 8.17. The maximum absolute atomic E-state index is 17.2. The van der Waals surface area contributed by atoms with E-state index in [-0.39, 0.29) is 47.7 Å². The van der Waals surface area contributed by atoms with E-state index in [1.54, 1.807) is 63.0 Å². The molecule has 0 bridgehead atoms. The van der Waals surface area contributed by atoms with E-state index in [0.717, 1.165) is 0 Å². The van der Waals surface area contributed by atoms with Crippen molar-refractivity contribution >= 4 is 17.5 Å². The van der Waals surface area contributed by atoms with Crippen LogP contribution in [0, 0.1) is 28.6 Å². The van der Waals surface area contributed by atoms with Crippen molar-refractivity contribution < 1.29 is 62.3 Å². The molecule has 7 nitrogen and oxygen atoms in total. The van der Waals surface area contributed by atoms with Crippen molar-refractivity contribution in [3.05, 3.63) is 53.9 Å². The van der Waals surface area contributed by atoms with Gasteiger partial charge in [-0.2, -0.15) is 0 Å². The van der Waals surface area contributed by atoms with Gasteiger partial charge in [-0.1, -0.05) is 25.5 Å². The van der Waals surface area contributed by atoms with Gasteiger partial charge in [-0.15, -0.1) is 0 Å². The average molecular weight is 640 g/mol. The number of alkyl halides is 1. The molecule has 4 aliphatic carbocycles. The van der Waals surface area contributed by atoms with Gasteiger partial charge in [0.1, 0.15) is 18.2 Å². The third-order valence-corrected chi connectivity index (χ3v) is 10.2. The molecule has 0 unspecified atom stereocenters. The van der Waals surface area contributed by atoms with Crippen LogP contribution in [0.3, 0.4) is 0 Å². The van der Waals surface area contributed by atoms with Crippen LogP contribution in [-0.2, 0) is 21.4 Å². The van der Waals surface area contributed by atoms with E-state index in [0.29, 0.717) is 24.8 Å². The summed E-state index contributed by atoms with van der Waals surface area (Å²) in [7, 11) is 1.76. The molecule has 9 heteroatoms. The first-order valence-corrected chi connectivity index (χ1v) is 13.0. The van der Waals surface area contributed by atoms with Crippen molar-refractivity contribution in [3.63, 3.8) is 0 Å². The Balaban J connectivity index is 0.00000336. The Kier molecular flexibility index (Phi) is 7.32. The largest absolute Gasteiger partial charge is 1.00 e. The topological polar surface area (TPSA) is 105 Å². The first-order chi connectivity index (χ1) is 17.3. The van der Waals surface area contributed by atoms with Gasteiger partial charge in [-0.25, -0.2) is 13.8 Å². The number of halogens is 2. The summed E-state index contributed by atoms with van der Waals surface area (Å²) in [6.45, 7) is 4.65. The first-order valence-electron chi connectivity index (χ1n) is 13.0. The first kappa shape index (κ1) is 29.0. The highest BCUT2D eigenvalue weighted by molar-refractivity contribution is 6.01. The SMILES string of the molecule is C[C@@H]1C[C@H]2[C@@H]3CCC4=CC(=O)C=C[C@]4(C)[C@@]3(F)[C@@H](O)C[C@]2(C)[C@@]1(O)C(=O)COC(=O)c1ccc[n+](C)c1.[I-]. The van der Waals surface area contributed by atoms with E-state index in [1.165, 1.54) is 12.2 Å². The second kappa shape index (κ2) is 9.59. The number of allylic oxidation sites excluding steroid dienone is 4. The van der Waals surface area contributed by atoms with Crippen LogP contribution in [0.2, 0.25) is 0 Å². The van der Waals surface area contributed by atoms with Crippen molar-refractivity contribution in [3.8, 4) is 0 Å². The standard InChI is InChI=1S/C29H35FNO6.HI/c1-17-12-22-21-8-7-19-13-20(32)9-10-26(19,2)28(21,30)23(33)14-27(22,3)29(17,36)24(34)16-37-25(35)18-6-5-11-31(4)15-18;/h5-6,9-11,13,15,17,21-23,33,36H,7-8,12,14,16H2,1-4H3;1H/q+1;/p-1/t17-,21+,22+,23+,26+,27+,28+,29+;/m1./s1. The van der Waals surface area contributed by atoms with Crippen LogP contribution in [0.1, 0.15) is 56.8 Å². The molecular formula is C29H35FINO6. The van der Waals surface area contributed by atoms with Gasteiger partial charge in [0, 0.05) is 22.8 Å². The zero-order valence-corrected chi connectivity index (χ0v) is 24.3. The maximum atomic E-state index is 17.2. The Morgan fingerprint density at radius 3 is 2.66 bits per heavy atom. The number of aryl methyl sites for hydroxylation is 1. The highest BCUT2D eigenvalue weighted by atomic mass is 127. The zero-order valence-electron chi connectivity index (χ0n) is 22.1. The highest BCUT2D eigenvalue weighted by Crippen LogP contribution is 2.70. The lowest BCUT2D eigenvalue weighted by atomic mass is 9.44. The Labute approximate surface area is 239 Å². The van der Waals surface area contributed by atoms with E-state index >= 15 is 4.39 Å². The van der Waals surface area contributed by atoms with Gasteiger partial charge in [-0.05, 0) is 62.7 Å². The lowest BCUT2D eigenvalue weighted by molar-refractivity contribution is -0.671. The molecule has 206 valence electrons. The average Bonchev–Trinajstić information content (AvgIpc) is 3.05. The van der Waals surface area contributed by atoms with Crippen LogP contribution >= 0.6 is 0 Å². The van der Waals surface area contributed by atoms with E-state index in [1.807, 2.05) is 0 Å². The fourth-order valence-electron chi connectivity index (χ4n) is 8.17. The van der Waals surface area contributed by atoms with Crippen LogP contribution in [0.25, 0.3) is 0 Å². The highest BCUT2D eigenvalue weighted by Gasteiger charge is 2.75. The number of esters is 1. The molecule has 3 saturated carbocycles. The molecule has 4 aliphatic rings. The Morgan fingerprint density at radius 1 is 1.26 bits per heavy atom. The van der Waals surface area contributed by atoms with Crippen LogP contribution in [0.15, 0.2) is 48.3 Å². The Hall–Kier alpha value is -1.98. The smallest absolute Gasteiger partial charge is 0.344 e. The van der Waals surface area contributed by atoms with Crippen LogP contribution in [0.5, 0.6) is 0 Å². The molecule has 1 heterocycles. The van der Waals surface area contributed by atoms with Gasteiger partial charge in [0.15, 0.2) is 30.5 Å². The predicted molar refractivity (Wildman–Crippen MR) is 131 cm³/mol. The third-order valence-electron chi connectivity index (χ3n) is 10.2. The number of fused-ring (bicyclic) bond motifs is 5. The Morgan fingerprint density at radius 2 is 1.97 bits per heavy atom. The monoisotopic (exact) mass is 639 g/mol. The van der Waals surface area contributed by atoms with Crippen LogP contribution in [0.4, 0.5) is 4.39 Å². The molecule has 0 aromatic carbocycles. The summed E-state index contributed by atoms with van der Waals surface area (Å²) < 4.78 is 24.2. The number of ether oxygens (including phenoxy) is 1. The molecule has 3 fully saturated rings. The van der Waals surface area contributed by atoms with Gasteiger partial charge in [0.2, 0.25) is 5.78 Å². The van der Waals surface area contributed by atoms with Crippen molar-refractivity contribution in [1.82, 2.24) is 0 Å². The second-order valence-corrected chi connectivity index (χ2v) is 11.9. The minimum Gasteiger partial charge on any atom is -1.00 e. The summed E-state index contributed by atoms with van der Waals surface area (Å²) >= 11 is 0.